The molecular weight excluding hydrogens is 340 g/mol. The lowest BCUT2D eigenvalue weighted by Gasteiger charge is -2.10. The summed E-state index contributed by atoms with van der Waals surface area (Å²) in [6.45, 7) is 2.40. The third-order valence-corrected chi connectivity index (χ3v) is 5.35. The SMILES string of the molecule is CCOc1ccc(C(=O)NNS(=O)(=O)c2ccc3c(c2)CCC3)cc1. The first-order valence-corrected chi connectivity index (χ1v) is 9.65. The largest absolute Gasteiger partial charge is 0.494 e. The summed E-state index contributed by atoms with van der Waals surface area (Å²) in [7, 11) is -3.81. The summed E-state index contributed by atoms with van der Waals surface area (Å²) < 4.78 is 30.0. The van der Waals surface area contributed by atoms with Crippen LogP contribution in [0.3, 0.4) is 0 Å². The molecule has 0 radical (unpaired) electrons. The van der Waals surface area contributed by atoms with E-state index in [9.17, 15) is 13.2 Å². The molecule has 2 aromatic carbocycles. The van der Waals surface area contributed by atoms with Gasteiger partial charge < -0.3 is 4.74 Å². The minimum Gasteiger partial charge on any atom is -0.494 e. The summed E-state index contributed by atoms with van der Waals surface area (Å²) in [6.07, 6.45) is 2.91. The first kappa shape index (κ1) is 17.4. The Morgan fingerprint density at radius 2 is 1.80 bits per heavy atom. The van der Waals surface area contributed by atoms with Crippen LogP contribution in [0.15, 0.2) is 47.4 Å². The number of hydrogen-bond donors (Lipinski definition) is 2. The molecule has 0 saturated carbocycles. The Morgan fingerprint density at radius 1 is 1.08 bits per heavy atom. The van der Waals surface area contributed by atoms with E-state index >= 15 is 0 Å². The van der Waals surface area contributed by atoms with Crippen molar-refractivity contribution >= 4 is 15.9 Å². The highest BCUT2D eigenvalue weighted by Crippen LogP contribution is 2.24. The first-order valence-electron chi connectivity index (χ1n) is 8.16. The third-order valence-electron chi connectivity index (χ3n) is 4.11. The highest BCUT2D eigenvalue weighted by Gasteiger charge is 2.19. The summed E-state index contributed by atoms with van der Waals surface area (Å²) in [5.41, 5.74) is 4.82. The van der Waals surface area contributed by atoms with E-state index in [1.807, 2.05) is 13.0 Å². The fourth-order valence-electron chi connectivity index (χ4n) is 2.83. The predicted molar refractivity (Wildman–Crippen MR) is 93.9 cm³/mol. The lowest BCUT2D eigenvalue weighted by molar-refractivity contribution is 0.0945. The second-order valence-electron chi connectivity index (χ2n) is 5.80. The van der Waals surface area contributed by atoms with Crippen molar-refractivity contribution in [3.63, 3.8) is 0 Å². The molecule has 132 valence electrons. The molecule has 0 heterocycles. The summed E-state index contributed by atoms with van der Waals surface area (Å²) in [6, 6.07) is 11.5. The van der Waals surface area contributed by atoms with Crippen molar-refractivity contribution in [2.75, 3.05) is 6.61 Å². The zero-order chi connectivity index (χ0) is 17.9. The van der Waals surface area contributed by atoms with Crippen LogP contribution in [-0.2, 0) is 22.9 Å². The van der Waals surface area contributed by atoms with Gasteiger partial charge in [-0.3, -0.25) is 10.2 Å². The van der Waals surface area contributed by atoms with E-state index in [4.69, 9.17) is 4.74 Å². The van der Waals surface area contributed by atoms with Crippen LogP contribution in [-0.4, -0.2) is 20.9 Å². The Hall–Kier alpha value is -2.38. The molecule has 1 aliphatic carbocycles. The summed E-state index contributed by atoms with van der Waals surface area (Å²) >= 11 is 0. The Kier molecular flexibility index (Phi) is 5.06. The Bertz CT molecular complexity index is 876. The minimum absolute atomic E-state index is 0.153. The number of carbonyl (C=O) groups excluding carboxylic acids is 1. The Balaban J connectivity index is 1.66. The van der Waals surface area contributed by atoms with Gasteiger partial charge in [0.15, 0.2) is 0 Å². The molecular formula is C18H20N2O4S. The first-order chi connectivity index (χ1) is 12.0. The maximum atomic E-state index is 12.4. The number of ether oxygens (including phenoxy) is 1. The second kappa shape index (κ2) is 7.25. The monoisotopic (exact) mass is 360 g/mol. The standard InChI is InChI=1S/C18H20N2O4S/c1-2-24-16-9-6-14(7-10-16)18(21)19-20-25(22,23)17-11-8-13-4-3-5-15(13)12-17/h6-12,20H,2-5H2,1H3,(H,19,21). The van der Waals surface area contributed by atoms with E-state index in [2.05, 4.69) is 10.3 Å². The molecule has 0 fully saturated rings. The van der Waals surface area contributed by atoms with Gasteiger partial charge >= 0.3 is 0 Å². The zero-order valence-electron chi connectivity index (χ0n) is 13.9. The molecule has 0 atom stereocenters. The van der Waals surface area contributed by atoms with E-state index in [1.54, 1.807) is 36.4 Å². The normalized spacial score (nSPS) is 13.3. The average Bonchev–Trinajstić information content (AvgIpc) is 3.08. The van der Waals surface area contributed by atoms with Crippen molar-refractivity contribution in [2.24, 2.45) is 0 Å². The van der Waals surface area contributed by atoms with Gasteiger partial charge in [0.05, 0.1) is 11.5 Å². The van der Waals surface area contributed by atoms with Crippen LogP contribution in [0.4, 0.5) is 0 Å². The molecule has 0 bridgehead atoms. The highest BCUT2D eigenvalue weighted by molar-refractivity contribution is 7.89. The molecule has 3 rings (SSSR count). The van der Waals surface area contributed by atoms with E-state index in [0.29, 0.717) is 17.9 Å². The lowest BCUT2D eigenvalue weighted by atomic mass is 10.1. The summed E-state index contributed by atoms with van der Waals surface area (Å²) in [4.78, 5) is 14.4. The maximum absolute atomic E-state index is 12.4. The summed E-state index contributed by atoms with van der Waals surface area (Å²) in [5, 5.41) is 0. The molecule has 1 amide bonds. The average molecular weight is 360 g/mol. The van der Waals surface area contributed by atoms with Gasteiger partial charge in [0, 0.05) is 5.56 Å². The van der Waals surface area contributed by atoms with Gasteiger partial charge in [-0.1, -0.05) is 6.07 Å². The highest BCUT2D eigenvalue weighted by atomic mass is 32.2. The Labute approximate surface area is 147 Å². The number of hydrogen-bond acceptors (Lipinski definition) is 4. The van der Waals surface area contributed by atoms with Crippen molar-refractivity contribution in [2.45, 2.75) is 31.1 Å². The third kappa shape index (κ3) is 4.00. The van der Waals surface area contributed by atoms with Crippen LogP contribution in [0, 0.1) is 0 Å². The molecule has 0 aliphatic heterocycles. The molecule has 6 nitrogen and oxygen atoms in total. The maximum Gasteiger partial charge on any atom is 0.266 e. The molecule has 2 aromatic rings. The summed E-state index contributed by atoms with van der Waals surface area (Å²) in [5.74, 6) is 0.116. The Morgan fingerprint density at radius 3 is 2.52 bits per heavy atom. The zero-order valence-corrected chi connectivity index (χ0v) is 14.7. The van der Waals surface area contributed by atoms with Crippen LogP contribution in [0.1, 0.15) is 34.8 Å². The van der Waals surface area contributed by atoms with Crippen molar-refractivity contribution in [1.82, 2.24) is 10.3 Å². The topological polar surface area (TPSA) is 84.5 Å². The van der Waals surface area contributed by atoms with Gasteiger partial charge in [-0.25, -0.2) is 8.42 Å². The lowest BCUT2D eigenvalue weighted by Crippen LogP contribution is -2.41. The molecule has 0 unspecified atom stereocenters. The quantitative estimate of drug-likeness (QED) is 0.774. The van der Waals surface area contributed by atoms with E-state index in [1.165, 1.54) is 5.56 Å². The number of carbonyl (C=O) groups is 1. The predicted octanol–water partition coefficient (Wildman–Crippen LogP) is 2.20. The van der Waals surface area contributed by atoms with Crippen LogP contribution < -0.4 is 15.0 Å². The van der Waals surface area contributed by atoms with Crippen molar-refractivity contribution in [1.29, 1.82) is 0 Å². The van der Waals surface area contributed by atoms with E-state index < -0.39 is 15.9 Å². The number of rotatable bonds is 6. The van der Waals surface area contributed by atoms with Crippen LogP contribution in [0.5, 0.6) is 5.75 Å². The van der Waals surface area contributed by atoms with Crippen LogP contribution in [0.25, 0.3) is 0 Å². The van der Waals surface area contributed by atoms with Crippen molar-refractivity contribution in [3.8, 4) is 5.75 Å². The number of aryl methyl sites for hydroxylation is 2. The van der Waals surface area contributed by atoms with Crippen LogP contribution in [0.2, 0.25) is 0 Å². The fraction of sp³-hybridized carbons (Fsp3) is 0.278. The molecule has 0 spiro atoms. The number of nitrogens with one attached hydrogen (secondary N) is 2. The van der Waals surface area contributed by atoms with Gasteiger partial charge in [0.1, 0.15) is 5.75 Å². The second-order valence-corrected chi connectivity index (χ2v) is 7.48. The van der Waals surface area contributed by atoms with Crippen molar-refractivity contribution in [3.05, 3.63) is 59.2 Å². The van der Waals surface area contributed by atoms with Gasteiger partial charge in [-0.05, 0) is 73.7 Å². The fourth-order valence-corrected chi connectivity index (χ4v) is 3.72. The molecule has 2 N–H and O–H groups in total. The smallest absolute Gasteiger partial charge is 0.266 e. The van der Waals surface area contributed by atoms with Crippen LogP contribution >= 0.6 is 0 Å². The minimum atomic E-state index is -3.81. The molecule has 7 heteroatoms. The molecule has 25 heavy (non-hydrogen) atoms. The van der Waals surface area contributed by atoms with Gasteiger partial charge in [0.25, 0.3) is 15.9 Å². The molecule has 1 aliphatic rings. The number of sulfonamides is 1. The van der Waals surface area contributed by atoms with E-state index in [0.717, 1.165) is 24.8 Å². The van der Waals surface area contributed by atoms with Gasteiger partial charge in [-0.2, -0.15) is 0 Å². The number of amides is 1. The van der Waals surface area contributed by atoms with E-state index in [-0.39, 0.29) is 4.90 Å². The van der Waals surface area contributed by atoms with Gasteiger partial charge in [-0.15, -0.1) is 4.83 Å². The number of benzene rings is 2. The molecule has 0 aromatic heterocycles. The van der Waals surface area contributed by atoms with Gasteiger partial charge in [0.2, 0.25) is 0 Å². The number of hydrazine groups is 1. The number of fused-ring (bicyclic) bond motifs is 1. The van der Waals surface area contributed by atoms with Crippen molar-refractivity contribution < 1.29 is 17.9 Å². The molecule has 0 saturated heterocycles.